The van der Waals surface area contributed by atoms with Gasteiger partial charge in [-0.1, -0.05) is 13.3 Å². The maximum Gasteiger partial charge on any atom is 0.450 e. The number of hydrogen-bond donors (Lipinski definition) is 2. The van der Waals surface area contributed by atoms with Gasteiger partial charge in [-0.05, 0) is 30.7 Å². The molecule has 0 saturated heterocycles. The SMILES string of the molecule is CCCCNc1ccc(-n2c(C(F)(F)F)nc3cc(O)ccc32)cn1. The van der Waals surface area contributed by atoms with Gasteiger partial charge in [0.25, 0.3) is 0 Å². The van der Waals surface area contributed by atoms with Crippen LogP contribution in [-0.2, 0) is 6.18 Å². The average Bonchev–Trinajstić information content (AvgIpc) is 2.94. The number of nitrogens with zero attached hydrogens (tertiary/aromatic N) is 3. The van der Waals surface area contributed by atoms with Crippen LogP contribution in [0.25, 0.3) is 16.7 Å². The van der Waals surface area contributed by atoms with Gasteiger partial charge in [-0.25, -0.2) is 9.97 Å². The minimum absolute atomic E-state index is 0.0671. The molecule has 25 heavy (non-hydrogen) atoms. The van der Waals surface area contributed by atoms with Crippen LogP contribution in [-0.4, -0.2) is 26.2 Å². The molecule has 3 rings (SSSR count). The number of hydrogen-bond acceptors (Lipinski definition) is 4. The first-order valence-corrected chi connectivity index (χ1v) is 7.89. The molecule has 0 aliphatic heterocycles. The number of imidazole rings is 1. The van der Waals surface area contributed by atoms with Crippen LogP contribution >= 0.6 is 0 Å². The maximum atomic E-state index is 13.4. The Balaban J connectivity index is 2.05. The number of nitrogens with one attached hydrogen (secondary N) is 1. The molecule has 5 nitrogen and oxygen atoms in total. The summed E-state index contributed by atoms with van der Waals surface area (Å²) in [5.74, 6) is -0.589. The molecule has 0 fully saturated rings. The Morgan fingerprint density at radius 1 is 1.20 bits per heavy atom. The second-order valence-corrected chi connectivity index (χ2v) is 5.62. The highest BCUT2D eigenvalue weighted by Gasteiger charge is 2.38. The van der Waals surface area contributed by atoms with Crippen molar-refractivity contribution in [1.82, 2.24) is 14.5 Å². The molecule has 0 atom stereocenters. The molecule has 0 spiro atoms. The first kappa shape index (κ1) is 17.1. The summed E-state index contributed by atoms with van der Waals surface area (Å²) < 4.78 is 41.1. The van der Waals surface area contributed by atoms with Gasteiger partial charge in [0.05, 0.1) is 22.9 Å². The Bertz CT molecular complexity index is 872. The van der Waals surface area contributed by atoms with Crippen LogP contribution in [0, 0.1) is 0 Å². The minimum atomic E-state index is -4.63. The van der Waals surface area contributed by atoms with E-state index in [0.29, 0.717) is 5.82 Å². The van der Waals surface area contributed by atoms with Gasteiger partial charge >= 0.3 is 6.18 Å². The van der Waals surface area contributed by atoms with Gasteiger partial charge in [0.1, 0.15) is 11.6 Å². The van der Waals surface area contributed by atoms with Crippen LogP contribution in [0.15, 0.2) is 36.5 Å². The molecule has 0 unspecified atom stereocenters. The highest BCUT2D eigenvalue weighted by Crippen LogP contribution is 2.34. The fourth-order valence-corrected chi connectivity index (χ4v) is 2.54. The van der Waals surface area contributed by atoms with Crippen molar-refractivity contribution >= 4 is 16.9 Å². The van der Waals surface area contributed by atoms with E-state index in [4.69, 9.17) is 0 Å². The van der Waals surface area contributed by atoms with Gasteiger partial charge in [-0.15, -0.1) is 0 Å². The third-order valence-electron chi connectivity index (χ3n) is 3.73. The Morgan fingerprint density at radius 3 is 2.64 bits per heavy atom. The number of halogens is 3. The third-order valence-corrected chi connectivity index (χ3v) is 3.73. The van der Waals surface area contributed by atoms with E-state index < -0.39 is 12.0 Å². The second kappa shape index (κ2) is 6.62. The van der Waals surface area contributed by atoms with Crippen molar-refractivity contribution in [2.75, 3.05) is 11.9 Å². The molecule has 0 bridgehead atoms. The molecule has 2 heterocycles. The lowest BCUT2D eigenvalue weighted by Crippen LogP contribution is -2.14. The number of anilines is 1. The lowest BCUT2D eigenvalue weighted by atomic mass is 10.3. The van der Waals surface area contributed by atoms with Crippen molar-refractivity contribution < 1.29 is 18.3 Å². The number of rotatable bonds is 5. The first-order chi connectivity index (χ1) is 11.9. The van der Waals surface area contributed by atoms with E-state index in [1.165, 1.54) is 24.4 Å². The molecule has 0 amide bonds. The smallest absolute Gasteiger partial charge is 0.450 e. The van der Waals surface area contributed by atoms with Crippen molar-refractivity contribution in [1.29, 1.82) is 0 Å². The lowest BCUT2D eigenvalue weighted by molar-refractivity contribution is -0.145. The van der Waals surface area contributed by atoms with Gasteiger partial charge in [0, 0.05) is 12.6 Å². The summed E-state index contributed by atoms with van der Waals surface area (Å²) in [6.07, 6.45) is -1.24. The zero-order chi connectivity index (χ0) is 18.0. The zero-order valence-electron chi connectivity index (χ0n) is 13.5. The molecular weight excluding hydrogens is 333 g/mol. The van der Waals surface area contributed by atoms with Crippen molar-refractivity contribution in [2.45, 2.75) is 25.9 Å². The molecule has 1 aromatic carbocycles. The summed E-state index contributed by atoms with van der Waals surface area (Å²) in [4.78, 5) is 7.82. The van der Waals surface area contributed by atoms with Gasteiger partial charge in [0.15, 0.2) is 0 Å². The van der Waals surface area contributed by atoms with E-state index in [0.717, 1.165) is 24.0 Å². The van der Waals surface area contributed by atoms with Crippen molar-refractivity contribution in [2.24, 2.45) is 0 Å². The number of phenolic OH excluding ortho intramolecular Hbond substituents is 1. The number of unbranched alkanes of at least 4 members (excludes halogenated alkanes) is 1. The Labute approximate surface area is 142 Å². The normalized spacial score (nSPS) is 11.8. The fourth-order valence-electron chi connectivity index (χ4n) is 2.54. The van der Waals surface area contributed by atoms with E-state index in [1.54, 1.807) is 12.1 Å². The molecule has 8 heteroatoms. The minimum Gasteiger partial charge on any atom is -0.508 e. The van der Waals surface area contributed by atoms with E-state index in [-0.39, 0.29) is 22.5 Å². The van der Waals surface area contributed by atoms with Crippen LogP contribution in [0.2, 0.25) is 0 Å². The predicted octanol–water partition coefficient (Wildman–Crippen LogP) is 4.36. The number of pyridine rings is 1. The van der Waals surface area contributed by atoms with Gasteiger partial charge < -0.3 is 10.4 Å². The Morgan fingerprint density at radius 2 is 2.00 bits per heavy atom. The van der Waals surface area contributed by atoms with Crippen LogP contribution in [0.4, 0.5) is 19.0 Å². The second-order valence-electron chi connectivity index (χ2n) is 5.62. The summed E-state index contributed by atoms with van der Waals surface area (Å²) in [6.45, 7) is 2.82. The summed E-state index contributed by atoms with van der Waals surface area (Å²) in [5.41, 5.74) is 0.567. The highest BCUT2D eigenvalue weighted by molar-refractivity contribution is 5.80. The fraction of sp³-hybridized carbons (Fsp3) is 0.294. The van der Waals surface area contributed by atoms with E-state index in [1.807, 2.05) is 0 Å². The van der Waals surface area contributed by atoms with Crippen LogP contribution in [0.3, 0.4) is 0 Å². The Hall–Kier alpha value is -2.77. The molecule has 0 aliphatic rings. The van der Waals surface area contributed by atoms with Gasteiger partial charge in [-0.2, -0.15) is 13.2 Å². The summed E-state index contributed by atoms with van der Waals surface area (Å²) in [7, 11) is 0. The zero-order valence-corrected chi connectivity index (χ0v) is 13.5. The topological polar surface area (TPSA) is 63.0 Å². The van der Waals surface area contributed by atoms with Crippen molar-refractivity contribution in [3.63, 3.8) is 0 Å². The summed E-state index contributed by atoms with van der Waals surface area (Å²) in [5, 5.41) is 12.6. The molecule has 2 N–H and O–H groups in total. The Kier molecular flexibility index (Phi) is 4.52. The quantitative estimate of drug-likeness (QED) is 0.671. The predicted molar refractivity (Wildman–Crippen MR) is 88.9 cm³/mol. The molecule has 3 aromatic rings. The molecule has 132 valence electrons. The number of fused-ring (bicyclic) bond motifs is 1. The van der Waals surface area contributed by atoms with Crippen LogP contribution in [0.5, 0.6) is 5.75 Å². The molecule has 0 saturated carbocycles. The number of aromatic hydroxyl groups is 1. The lowest BCUT2D eigenvalue weighted by Gasteiger charge is -2.12. The average molecular weight is 350 g/mol. The number of phenols is 1. The van der Waals surface area contributed by atoms with E-state index >= 15 is 0 Å². The molecular formula is C17H17F3N4O. The highest BCUT2D eigenvalue weighted by atomic mass is 19.4. The van der Waals surface area contributed by atoms with Crippen LogP contribution < -0.4 is 5.32 Å². The molecule has 0 aliphatic carbocycles. The van der Waals surface area contributed by atoms with Gasteiger partial charge in [0.2, 0.25) is 5.82 Å². The molecule has 2 aromatic heterocycles. The number of alkyl halides is 3. The van der Waals surface area contributed by atoms with E-state index in [9.17, 15) is 18.3 Å². The van der Waals surface area contributed by atoms with Crippen molar-refractivity contribution in [3.05, 3.63) is 42.4 Å². The van der Waals surface area contributed by atoms with Gasteiger partial charge in [-0.3, -0.25) is 4.57 Å². The number of benzene rings is 1. The number of aromatic nitrogens is 3. The molecule has 0 radical (unpaired) electrons. The summed E-state index contributed by atoms with van der Waals surface area (Å²) >= 11 is 0. The summed E-state index contributed by atoms with van der Waals surface area (Å²) in [6, 6.07) is 7.13. The third kappa shape index (κ3) is 3.52. The van der Waals surface area contributed by atoms with Crippen molar-refractivity contribution in [3.8, 4) is 11.4 Å². The van der Waals surface area contributed by atoms with Crippen LogP contribution in [0.1, 0.15) is 25.6 Å². The largest absolute Gasteiger partial charge is 0.508 e. The van der Waals surface area contributed by atoms with E-state index in [2.05, 4.69) is 22.2 Å². The standard InChI is InChI=1S/C17H17F3N4O/c1-2-3-8-21-15-7-4-11(10-22-15)24-14-6-5-12(25)9-13(14)23-16(24)17(18,19)20/h4-7,9-10,25H,2-3,8H2,1H3,(H,21,22). The first-order valence-electron chi connectivity index (χ1n) is 7.89. The maximum absolute atomic E-state index is 13.4. The monoisotopic (exact) mass is 350 g/mol.